The van der Waals surface area contributed by atoms with Crippen LogP contribution in [-0.2, 0) is 0 Å². The summed E-state index contributed by atoms with van der Waals surface area (Å²) in [5.74, 6) is -1.13. The van der Waals surface area contributed by atoms with Gasteiger partial charge in [-0.25, -0.2) is 0 Å². The molecule has 0 bridgehead atoms. The maximum Gasteiger partial charge on any atom is 0.393 e. The molecule has 0 aromatic carbocycles. The van der Waals surface area contributed by atoms with Crippen LogP contribution in [0.4, 0.5) is 13.2 Å². The third-order valence-electron chi connectivity index (χ3n) is 1.95. The minimum Gasteiger partial charge on any atom is -0.314 e. The van der Waals surface area contributed by atoms with Gasteiger partial charge in [0.15, 0.2) is 0 Å². The second-order valence-corrected chi connectivity index (χ2v) is 2.68. The third kappa shape index (κ3) is 1.42. The molecule has 1 aliphatic rings. The van der Waals surface area contributed by atoms with Crippen LogP contribution in [0, 0.1) is 5.92 Å². The summed E-state index contributed by atoms with van der Waals surface area (Å²) in [7, 11) is 0. The van der Waals surface area contributed by atoms with Gasteiger partial charge in [-0.05, 0) is 19.9 Å². The molecule has 1 saturated heterocycles. The number of rotatable bonds is 0. The molecule has 1 nitrogen and oxygen atoms in total. The molecule has 4 heteroatoms. The van der Waals surface area contributed by atoms with Gasteiger partial charge in [0.1, 0.15) is 0 Å². The van der Waals surface area contributed by atoms with E-state index in [4.69, 9.17) is 0 Å². The lowest BCUT2D eigenvalue weighted by Crippen LogP contribution is -2.32. The largest absolute Gasteiger partial charge is 0.393 e. The zero-order valence-electron chi connectivity index (χ0n) is 5.70. The number of alkyl halides is 3. The van der Waals surface area contributed by atoms with E-state index in [1.54, 1.807) is 6.92 Å². The van der Waals surface area contributed by atoms with E-state index in [1.165, 1.54) is 0 Å². The molecule has 0 aliphatic carbocycles. The highest BCUT2D eigenvalue weighted by molar-refractivity contribution is 4.84. The van der Waals surface area contributed by atoms with Gasteiger partial charge < -0.3 is 5.32 Å². The summed E-state index contributed by atoms with van der Waals surface area (Å²) < 4.78 is 35.9. The zero-order valence-corrected chi connectivity index (χ0v) is 5.70. The molecule has 1 fully saturated rings. The first kappa shape index (κ1) is 7.85. The predicted molar refractivity (Wildman–Crippen MR) is 31.6 cm³/mol. The Morgan fingerprint density at radius 3 is 2.20 bits per heavy atom. The van der Waals surface area contributed by atoms with Crippen LogP contribution in [0.15, 0.2) is 0 Å². The Morgan fingerprint density at radius 1 is 1.40 bits per heavy atom. The molecule has 0 saturated carbocycles. The Morgan fingerprint density at radius 2 is 2.00 bits per heavy atom. The van der Waals surface area contributed by atoms with E-state index in [9.17, 15) is 13.2 Å². The van der Waals surface area contributed by atoms with Gasteiger partial charge in [-0.1, -0.05) is 0 Å². The van der Waals surface area contributed by atoms with Crippen molar-refractivity contribution >= 4 is 0 Å². The topological polar surface area (TPSA) is 12.0 Å². The molecule has 60 valence electrons. The normalized spacial score (nSPS) is 34.8. The lowest BCUT2D eigenvalue weighted by atomic mass is 10.0. The number of nitrogens with one attached hydrogen (secondary N) is 1. The van der Waals surface area contributed by atoms with Crippen molar-refractivity contribution in [3.8, 4) is 0 Å². The number of hydrogen-bond donors (Lipinski definition) is 1. The highest BCUT2D eigenvalue weighted by Crippen LogP contribution is 2.33. The summed E-state index contributed by atoms with van der Waals surface area (Å²) in [6.07, 6.45) is -3.78. The summed E-state index contributed by atoms with van der Waals surface area (Å²) in [6, 6.07) is -0.403. The van der Waals surface area contributed by atoms with Crippen molar-refractivity contribution in [1.29, 1.82) is 0 Å². The van der Waals surface area contributed by atoms with Crippen molar-refractivity contribution in [3.05, 3.63) is 0 Å². The van der Waals surface area contributed by atoms with Crippen LogP contribution in [-0.4, -0.2) is 18.8 Å². The van der Waals surface area contributed by atoms with E-state index in [0.29, 0.717) is 6.54 Å². The standard InChI is InChI=1S/C6H10F3N/c1-4-5(2-3-10-4)6(7,8)9/h4-5,10H,2-3H2,1H3/t4-,5-/m0/s1. The molecule has 0 aromatic rings. The van der Waals surface area contributed by atoms with E-state index < -0.39 is 18.1 Å². The van der Waals surface area contributed by atoms with Gasteiger partial charge in [0.05, 0.1) is 5.92 Å². The van der Waals surface area contributed by atoms with Crippen molar-refractivity contribution in [2.45, 2.75) is 25.6 Å². The van der Waals surface area contributed by atoms with Crippen LogP contribution in [0.1, 0.15) is 13.3 Å². The maximum absolute atomic E-state index is 12.0. The van der Waals surface area contributed by atoms with Crippen LogP contribution in [0.3, 0.4) is 0 Å². The maximum atomic E-state index is 12.0. The summed E-state index contributed by atoms with van der Waals surface area (Å²) in [4.78, 5) is 0. The summed E-state index contributed by atoms with van der Waals surface area (Å²) >= 11 is 0. The highest BCUT2D eigenvalue weighted by Gasteiger charge is 2.44. The lowest BCUT2D eigenvalue weighted by molar-refractivity contribution is -0.175. The first-order chi connectivity index (χ1) is 4.52. The third-order valence-corrected chi connectivity index (χ3v) is 1.95. The number of halogens is 3. The van der Waals surface area contributed by atoms with Gasteiger partial charge in [-0.15, -0.1) is 0 Å². The van der Waals surface area contributed by atoms with Crippen LogP contribution in [0.2, 0.25) is 0 Å². The molecule has 1 rings (SSSR count). The molecular formula is C6H10F3N. The first-order valence-electron chi connectivity index (χ1n) is 3.32. The minimum atomic E-state index is -4.01. The quantitative estimate of drug-likeness (QED) is 0.556. The molecule has 1 aliphatic heterocycles. The van der Waals surface area contributed by atoms with Gasteiger partial charge in [0, 0.05) is 6.04 Å². The summed E-state index contributed by atoms with van der Waals surface area (Å²) in [5, 5.41) is 2.76. The fourth-order valence-electron chi connectivity index (χ4n) is 1.31. The second-order valence-electron chi connectivity index (χ2n) is 2.68. The smallest absolute Gasteiger partial charge is 0.314 e. The van der Waals surface area contributed by atoms with Crippen LogP contribution in [0.25, 0.3) is 0 Å². The molecule has 10 heavy (non-hydrogen) atoms. The molecule has 2 atom stereocenters. The molecule has 1 heterocycles. The Labute approximate surface area is 57.6 Å². The molecule has 0 amide bonds. The Kier molecular flexibility index (Phi) is 1.90. The fourth-order valence-corrected chi connectivity index (χ4v) is 1.31. The molecular weight excluding hydrogens is 143 g/mol. The van der Waals surface area contributed by atoms with Gasteiger partial charge in [0.25, 0.3) is 0 Å². The van der Waals surface area contributed by atoms with Crippen molar-refractivity contribution in [3.63, 3.8) is 0 Å². The van der Waals surface area contributed by atoms with Gasteiger partial charge in [0.2, 0.25) is 0 Å². The van der Waals surface area contributed by atoms with E-state index in [2.05, 4.69) is 5.32 Å². The highest BCUT2D eigenvalue weighted by atomic mass is 19.4. The zero-order chi connectivity index (χ0) is 7.78. The first-order valence-corrected chi connectivity index (χ1v) is 3.32. The minimum absolute atomic E-state index is 0.227. The average Bonchev–Trinajstić information content (AvgIpc) is 2.11. The second kappa shape index (κ2) is 2.42. The lowest BCUT2D eigenvalue weighted by Gasteiger charge is -2.17. The monoisotopic (exact) mass is 153 g/mol. The Balaban J connectivity index is 2.55. The van der Waals surface area contributed by atoms with E-state index in [-0.39, 0.29) is 6.42 Å². The molecule has 0 aromatic heterocycles. The van der Waals surface area contributed by atoms with Crippen molar-refractivity contribution < 1.29 is 13.2 Å². The van der Waals surface area contributed by atoms with Crippen molar-refractivity contribution in [2.75, 3.05) is 6.54 Å². The van der Waals surface area contributed by atoms with E-state index in [0.717, 1.165) is 0 Å². The van der Waals surface area contributed by atoms with Gasteiger partial charge in [-0.2, -0.15) is 13.2 Å². The SMILES string of the molecule is C[C@@H]1NCC[C@@H]1C(F)(F)F. The molecule has 0 unspecified atom stereocenters. The van der Waals surface area contributed by atoms with Crippen LogP contribution >= 0.6 is 0 Å². The fraction of sp³-hybridized carbons (Fsp3) is 1.00. The Hall–Kier alpha value is -0.250. The van der Waals surface area contributed by atoms with E-state index >= 15 is 0 Å². The van der Waals surface area contributed by atoms with Gasteiger partial charge >= 0.3 is 6.18 Å². The Bertz CT molecular complexity index is 121. The molecule has 0 radical (unpaired) electrons. The van der Waals surface area contributed by atoms with Crippen molar-refractivity contribution in [2.24, 2.45) is 5.92 Å². The number of hydrogen-bond acceptors (Lipinski definition) is 1. The van der Waals surface area contributed by atoms with E-state index in [1.807, 2.05) is 0 Å². The van der Waals surface area contributed by atoms with Gasteiger partial charge in [-0.3, -0.25) is 0 Å². The van der Waals surface area contributed by atoms with Crippen LogP contribution in [0.5, 0.6) is 0 Å². The molecule has 1 N–H and O–H groups in total. The molecule has 0 spiro atoms. The predicted octanol–water partition coefficient (Wildman–Crippen LogP) is 1.55. The summed E-state index contributed by atoms with van der Waals surface area (Å²) in [5.41, 5.74) is 0. The van der Waals surface area contributed by atoms with Crippen LogP contribution < -0.4 is 5.32 Å². The summed E-state index contributed by atoms with van der Waals surface area (Å²) in [6.45, 7) is 2.07. The van der Waals surface area contributed by atoms with Crippen molar-refractivity contribution in [1.82, 2.24) is 5.32 Å². The average molecular weight is 153 g/mol.